The van der Waals surface area contributed by atoms with Crippen molar-refractivity contribution in [3.63, 3.8) is 0 Å². The van der Waals surface area contributed by atoms with Crippen LogP contribution in [0.2, 0.25) is 0 Å². The van der Waals surface area contributed by atoms with Gasteiger partial charge in [0, 0.05) is 19.0 Å². The summed E-state index contributed by atoms with van der Waals surface area (Å²) in [6.07, 6.45) is 3.63. The van der Waals surface area contributed by atoms with Crippen molar-refractivity contribution in [3.8, 4) is 0 Å². The summed E-state index contributed by atoms with van der Waals surface area (Å²) in [6, 6.07) is 6.21. The fraction of sp³-hybridized carbons (Fsp3) is 0.632. The van der Waals surface area contributed by atoms with Gasteiger partial charge in [-0.3, -0.25) is 0 Å². The Hall–Kier alpha value is -1.39. The summed E-state index contributed by atoms with van der Waals surface area (Å²) in [7, 11) is 0. The minimum atomic E-state index is 0.460. The van der Waals surface area contributed by atoms with Crippen LogP contribution in [0.25, 0.3) is 11.1 Å². The number of oxazole rings is 1. The van der Waals surface area contributed by atoms with E-state index in [0.29, 0.717) is 11.3 Å². The number of aromatic nitrogens is 1. The molecule has 1 aromatic heterocycles. The highest BCUT2D eigenvalue weighted by Gasteiger charge is 2.33. The molecule has 4 nitrogen and oxygen atoms in total. The van der Waals surface area contributed by atoms with E-state index in [1.165, 1.54) is 25.1 Å². The molecule has 0 aliphatic carbocycles. The van der Waals surface area contributed by atoms with Crippen LogP contribution in [0.3, 0.4) is 0 Å². The zero-order chi connectivity index (χ0) is 15.9. The molecular weight excluding hydrogens is 286 g/mol. The molecule has 124 valence electrons. The molecule has 23 heavy (non-hydrogen) atoms. The van der Waals surface area contributed by atoms with Gasteiger partial charge in [0.15, 0.2) is 11.5 Å². The fourth-order valence-corrected chi connectivity index (χ4v) is 4.16. The topological polar surface area (TPSA) is 41.3 Å². The summed E-state index contributed by atoms with van der Waals surface area (Å²) in [5.41, 5.74) is 3.61. The van der Waals surface area contributed by atoms with Gasteiger partial charge in [-0.05, 0) is 62.9 Å². The van der Waals surface area contributed by atoms with E-state index < -0.39 is 0 Å². The van der Waals surface area contributed by atoms with Gasteiger partial charge in [-0.15, -0.1) is 0 Å². The van der Waals surface area contributed by atoms with Crippen LogP contribution in [0.5, 0.6) is 0 Å². The van der Waals surface area contributed by atoms with Crippen molar-refractivity contribution < 1.29 is 4.42 Å². The Morgan fingerprint density at radius 1 is 1.35 bits per heavy atom. The molecule has 4 rings (SSSR count). The number of nitrogens with one attached hydrogen (secondary N) is 1. The number of piperidine rings is 1. The number of hydrogen-bond acceptors (Lipinski definition) is 4. The first-order chi connectivity index (χ1) is 11.1. The second-order valence-corrected chi connectivity index (χ2v) is 7.76. The molecule has 2 fully saturated rings. The van der Waals surface area contributed by atoms with Gasteiger partial charge in [0.05, 0.1) is 0 Å². The summed E-state index contributed by atoms with van der Waals surface area (Å²) in [4.78, 5) is 7.38. The van der Waals surface area contributed by atoms with Crippen LogP contribution in [0.4, 0.5) is 0 Å². The third-order valence-corrected chi connectivity index (χ3v) is 5.63. The van der Waals surface area contributed by atoms with E-state index in [-0.39, 0.29) is 0 Å². The summed E-state index contributed by atoms with van der Waals surface area (Å²) in [6.45, 7) is 10.4. The Labute approximate surface area is 138 Å². The molecule has 2 aliphatic heterocycles. The number of likely N-dealkylation sites (tertiary alicyclic amines) is 1. The van der Waals surface area contributed by atoms with Crippen LogP contribution in [0.1, 0.15) is 43.6 Å². The van der Waals surface area contributed by atoms with Crippen molar-refractivity contribution >= 4 is 11.1 Å². The maximum absolute atomic E-state index is 6.09. The lowest BCUT2D eigenvalue weighted by Gasteiger charge is -2.36. The maximum atomic E-state index is 6.09. The zero-order valence-corrected chi connectivity index (χ0v) is 14.3. The molecule has 1 atom stereocenters. The van der Waals surface area contributed by atoms with Gasteiger partial charge in [-0.2, -0.15) is 0 Å². The molecule has 3 heterocycles. The van der Waals surface area contributed by atoms with E-state index in [2.05, 4.69) is 42.3 Å². The minimum Gasteiger partial charge on any atom is -0.440 e. The first-order valence-electron chi connectivity index (χ1n) is 8.92. The summed E-state index contributed by atoms with van der Waals surface area (Å²) >= 11 is 0. The second kappa shape index (κ2) is 5.91. The monoisotopic (exact) mass is 313 g/mol. The van der Waals surface area contributed by atoms with Crippen LogP contribution in [0.15, 0.2) is 22.6 Å². The Balaban J connectivity index is 1.41. The zero-order valence-electron chi connectivity index (χ0n) is 14.3. The van der Waals surface area contributed by atoms with Crippen molar-refractivity contribution in [2.45, 2.75) is 39.0 Å². The average Bonchev–Trinajstić information content (AvgIpc) is 3.15. The molecule has 1 aromatic carbocycles. The van der Waals surface area contributed by atoms with Crippen LogP contribution in [-0.2, 0) is 0 Å². The highest BCUT2D eigenvalue weighted by Crippen LogP contribution is 2.33. The highest BCUT2D eigenvalue weighted by atomic mass is 16.3. The lowest BCUT2D eigenvalue weighted by Crippen LogP contribution is -2.41. The van der Waals surface area contributed by atoms with Gasteiger partial charge in [0.25, 0.3) is 0 Å². The quantitative estimate of drug-likeness (QED) is 0.944. The highest BCUT2D eigenvalue weighted by molar-refractivity contribution is 5.76. The predicted octanol–water partition coefficient (Wildman–Crippen LogP) is 3.32. The van der Waals surface area contributed by atoms with Crippen LogP contribution < -0.4 is 5.32 Å². The molecule has 1 unspecified atom stereocenters. The minimum absolute atomic E-state index is 0.460. The van der Waals surface area contributed by atoms with E-state index in [9.17, 15) is 0 Å². The van der Waals surface area contributed by atoms with Gasteiger partial charge in [0.2, 0.25) is 0 Å². The molecule has 1 N–H and O–H groups in total. The Morgan fingerprint density at radius 2 is 2.17 bits per heavy atom. The number of rotatable bonds is 3. The molecule has 4 heteroatoms. The summed E-state index contributed by atoms with van der Waals surface area (Å²) in [5.74, 6) is 1.43. The standard InChI is InChI=1S/C19H27N3O/c1-14-4-3-5-16-17(14)23-18(21-16)15-6-10-22(11-7-15)13-19(2)8-9-20-12-19/h3-5,15,20H,6-13H2,1-2H3. The molecule has 2 aliphatic rings. The van der Waals surface area contributed by atoms with E-state index in [1.54, 1.807) is 0 Å². The second-order valence-electron chi connectivity index (χ2n) is 7.76. The molecule has 0 amide bonds. The lowest BCUT2D eigenvalue weighted by atomic mass is 9.87. The lowest BCUT2D eigenvalue weighted by molar-refractivity contribution is 0.139. The SMILES string of the molecule is Cc1cccc2nc(C3CCN(CC4(C)CCNC4)CC3)oc12. The number of para-hydroxylation sites is 1. The third kappa shape index (κ3) is 3.02. The van der Waals surface area contributed by atoms with Crippen molar-refractivity contribution in [3.05, 3.63) is 29.7 Å². The van der Waals surface area contributed by atoms with E-state index >= 15 is 0 Å². The van der Waals surface area contributed by atoms with Gasteiger partial charge in [0.1, 0.15) is 5.52 Å². The van der Waals surface area contributed by atoms with Crippen molar-refractivity contribution in [2.24, 2.45) is 5.41 Å². The van der Waals surface area contributed by atoms with E-state index in [1.807, 2.05) is 0 Å². The summed E-state index contributed by atoms with van der Waals surface area (Å²) < 4.78 is 6.09. The first kappa shape index (κ1) is 15.2. The number of nitrogens with zero attached hydrogens (tertiary/aromatic N) is 2. The van der Waals surface area contributed by atoms with Crippen molar-refractivity contribution in [1.82, 2.24) is 15.2 Å². The average molecular weight is 313 g/mol. The molecule has 2 aromatic rings. The molecular formula is C19H27N3O. The normalized spacial score (nSPS) is 27.0. The number of benzene rings is 1. The van der Waals surface area contributed by atoms with Crippen molar-refractivity contribution in [2.75, 3.05) is 32.7 Å². The third-order valence-electron chi connectivity index (χ3n) is 5.63. The molecule has 0 spiro atoms. The van der Waals surface area contributed by atoms with Crippen LogP contribution >= 0.6 is 0 Å². The molecule has 0 bridgehead atoms. The van der Waals surface area contributed by atoms with Gasteiger partial charge in [-0.1, -0.05) is 19.1 Å². The molecule has 2 saturated heterocycles. The number of hydrogen-bond donors (Lipinski definition) is 1. The molecule has 0 saturated carbocycles. The number of fused-ring (bicyclic) bond motifs is 1. The molecule has 0 radical (unpaired) electrons. The smallest absolute Gasteiger partial charge is 0.198 e. The summed E-state index contributed by atoms with van der Waals surface area (Å²) in [5, 5.41) is 3.51. The van der Waals surface area contributed by atoms with Crippen LogP contribution in [0, 0.1) is 12.3 Å². The predicted molar refractivity (Wildman–Crippen MR) is 92.8 cm³/mol. The fourth-order valence-electron chi connectivity index (χ4n) is 4.16. The Bertz CT molecular complexity index is 679. The van der Waals surface area contributed by atoms with E-state index in [0.717, 1.165) is 49.5 Å². The van der Waals surface area contributed by atoms with Gasteiger partial charge >= 0.3 is 0 Å². The Morgan fingerprint density at radius 3 is 2.87 bits per heavy atom. The van der Waals surface area contributed by atoms with Gasteiger partial charge < -0.3 is 14.6 Å². The largest absolute Gasteiger partial charge is 0.440 e. The van der Waals surface area contributed by atoms with Crippen LogP contribution in [-0.4, -0.2) is 42.6 Å². The maximum Gasteiger partial charge on any atom is 0.198 e. The number of aryl methyl sites for hydroxylation is 1. The Kier molecular flexibility index (Phi) is 3.90. The van der Waals surface area contributed by atoms with Gasteiger partial charge in [-0.25, -0.2) is 4.98 Å². The van der Waals surface area contributed by atoms with Crippen molar-refractivity contribution in [1.29, 1.82) is 0 Å². The van der Waals surface area contributed by atoms with E-state index in [4.69, 9.17) is 9.40 Å². The first-order valence-corrected chi connectivity index (χ1v) is 8.92.